The van der Waals surface area contributed by atoms with Crippen molar-refractivity contribution in [1.82, 2.24) is 14.9 Å². The van der Waals surface area contributed by atoms with Crippen LogP contribution < -0.4 is 10.2 Å². The highest BCUT2D eigenvalue weighted by Gasteiger charge is 2.32. The Morgan fingerprint density at radius 2 is 1.93 bits per heavy atom. The second-order valence-electron chi connectivity index (χ2n) is 13.8. The smallest absolute Gasteiger partial charge is 0.408 e. The quantitative estimate of drug-likeness (QED) is 0.233. The van der Waals surface area contributed by atoms with Gasteiger partial charge in [-0.2, -0.15) is 0 Å². The Kier molecular flexibility index (Phi) is 11.0. The van der Waals surface area contributed by atoms with Crippen LogP contribution in [0.1, 0.15) is 72.2 Å². The molecular formula is C35H50N4O7. The number of rotatable bonds is 12. The standard InChI is InChI=1S/C35H50N4O7/c1-9-39-29-13-12-23(38-15-16-45-24(20-38)18-28(32(41)42)37-33(43)46-34(3,4)5)17-26(29)27(19-35(6,7)21-40)31(39)25-11-10-14-36-30(25)22(2)44-8/h10-14,17,22,24,28,40H,9,15-16,18-21H2,1-8H3,(H,37,43)(H,41,42)/t22-,24-,28?/m0/s1. The number of benzene rings is 1. The number of carboxylic acids is 1. The van der Waals surface area contributed by atoms with Gasteiger partial charge in [0.1, 0.15) is 11.6 Å². The van der Waals surface area contributed by atoms with Crippen molar-refractivity contribution in [3.8, 4) is 11.3 Å². The number of aromatic nitrogens is 2. The molecule has 4 rings (SSSR count). The summed E-state index contributed by atoms with van der Waals surface area (Å²) in [4.78, 5) is 31.3. The van der Waals surface area contributed by atoms with Gasteiger partial charge in [-0.25, -0.2) is 9.59 Å². The molecule has 0 radical (unpaired) electrons. The molecule has 1 aliphatic rings. The molecule has 0 aliphatic carbocycles. The second-order valence-corrected chi connectivity index (χ2v) is 13.8. The van der Waals surface area contributed by atoms with Crippen molar-refractivity contribution in [2.24, 2.45) is 5.41 Å². The lowest BCUT2D eigenvalue weighted by Gasteiger charge is -2.35. The fourth-order valence-electron chi connectivity index (χ4n) is 6.04. The van der Waals surface area contributed by atoms with Crippen LogP contribution in [0.2, 0.25) is 0 Å². The van der Waals surface area contributed by atoms with E-state index in [1.54, 1.807) is 34.1 Å². The van der Waals surface area contributed by atoms with E-state index in [-0.39, 0.29) is 24.5 Å². The summed E-state index contributed by atoms with van der Waals surface area (Å²) in [5.41, 5.74) is 5.03. The van der Waals surface area contributed by atoms with Crippen molar-refractivity contribution in [2.75, 3.05) is 38.3 Å². The third-order valence-corrected chi connectivity index (χ3v) is 8.38. The summed E-state index contributed by atoms with van der Waals surface area (Å²) in [5, 5.41) is 23.7. The first kappa shape index (κ1) is 35.2. The van der Waals surface area contributed by atoms with Crippen molar-refractivity contribution < 1.29 is 34.0 Å². The molecule has 1 aliphatic heterocycles. The third kappa shape index (κ3) is 8.18. The fourth-order valence-corrected chi connectivity index (χ4v) is 6.04. The third-order valence-electron chi connectivity index (χ3n) is 8.38. The first-order valence-electron chi connectivity index (χ1n) is 16.0. The highest BCUT2D eigenvalue weighted by Crippen LogP contribution is 2.41. The van der Waals surface area contributed by atoms with Gasteiger partial charge in [0.2, 0.25) is 0 Å². The monoisotopic (exact) mass is 638 g/mol. The Balaban J connectivity index is 1.72. The number of aryl methyl sites for hydroxylation is 1. The summed E-state index contributed by atoms with van der Waals surface area (Å²) in [5.74, 6) is -1.14. The van der Waals surface area contributed by atoms with Gasteiger partial charge >= 0.3 is 12.1 Å². The van der Waals surface area contributed by atoms with Gasteiger partial charge in [0.25, 0.3) is 0 Å². The number of hydrogen-bond acceptors (Lipinski definition) is 8. The molecule has 0 spiro atoms. The summed E-state index contributed by atoms with van der Waals surface area (Å²) >= 11 is 0. The number of aliphatic hydroxyl groups excluding tert-OH is 1. The summed E-state index contributed by atoms with van der Waals surface area (Å²) in [6, 6.07) is 9.31. The number of pyridine rings is 1. The molecule has 11 heteroatoms. The lowest BCUT2D eigenvalue weighted by Crippen LogP contribution is -2.49. The molecule has 1 amide bonds. The summed E-state index contributed by atoms with van der Waals surface area (Å²) in [7, 11) is 1.68. The molecular weight excluding hydrogens is 588 g/mol. The van der Waals surface area contributed by atoms with Crippen LogP contribution in [0.3, 0.4) is 0 Å². The van der Waals surface area contributed by atoms with E-state index < -0.39 is 29.8 Å². The average molecular weight is 639 g/mol. The number of alkyl carbamates (subject to hydrolysis) is 1. The molecule has 252 valence electrons. The van der Waals surface area contributed by atoms with Crippen LogP contribution in [-0.2, 0) is 32.0 Å². The SMILES string of the molecule is CCn1c(-c2cccnc2[C@H](C)OC)c(CC(C)(C)CO)c2cc(N3CCO[C@@H](CC(NC(=O)OC(C)(C)C)C(=O)O)C3)ccc21. The molecule has 1 fully saturated rings. The minimum Gasteiger partial charge on any atom is -0.480 e. The highest BCUT2D eigenvalue weighted by molar-refractivity contribution is 5.94. The minimum atomic E-state index is -1.15. The number of fused-ring (bicyclic) bond motifs is 1. The number of ether oxygens (including phenoxy) is 3. The van der Waals surface area contributed by atoms with Crippen LogP contribution in [0, 0.1) is 5.41 Å². The van der Waals surface area contributed by atoms with E-state index in [1.165, 1.54) is 0 Å². The lowest BCUT2D eigenvalue weighted by atomic mass is 9.84. The zero-order valence-corrected chi connectivity index (χ0v) is 28.4. The topological polar surface area (TPSA) is 135 Å². The van der Waals surface area contributed by atoms with Crippen molar-refractivity contribution in [1.29, 1.82) is 0 Å². The Hall–Kier alpha value is -3.67. The van der Waals surface area contributed by atoms with Gasteiger partial charge in [0.05, 0.1) is 30.2 Å². The number of aliphatic carboxylic acids is 1. The molecule has 11 nitrogen and oxygen atoms in total. The van der Waals surface area contributed by atoms with Gasteiger partial charge in [-0.15, -0.1) is 0 Å². The van der Waals surface area contributed by atoms with Crippen LogP contribution in [0.5, 0.6) is 0 Å². The first-order valence-corrected chi connectivity index (χ1v) is 16.0. The van der Waals surface area contributed by atoms with Crippen molar-refractivity contribution in [3.05, 3.63) is 47.8 Å². The predicted molar refractivity (Wildman–Crippen MR) is 178 cm³/mol. The Bertz CT molecular complexity index is 1530. The number of methoxy groups -OCH3 is 1. The second kappa shape index (κ2) is 14.4. The number of amides is 1. The zero-order valence-electron chi connectivity index (χ0n) is 28.4. The van der Waals surface area contributed by atoms with E-state index in [4.69, 9.17) is 19.2 Å². The van der Waals surface area contributed by atoms with Gasteiger partial charge in [-0.05, 0) is 82.3 Å². The highest BCUT2D eigenvalue weighted by atomic mass is 16.6. The Morgan fingerprint density at radius 3 is 2.57 bits per heavy atom. The van der Waals surface area contributed by atoms with Crippen LogP contribution in [0.25, 0.3) is 22.2 Å². The minimum absolute atomic E-state index is 0.0342. The van der Waals surface area contributed by atoms with E-state index in [0.717, 1.165) is 45.6 Å². The largest absolute Gasteiger partial charge is 0.480 e. The number of aliphatic hydroxyl groups is 1. The molecule has 2 aromatic heterocycles. The van der Waals surface area contributed by atoms with Gasteiger partial charge in [0, 0.05) is 68.1 Å². The first-order chi connectivity index (χ1) is 21.7. The zero-order chi connectivity index (χ0) is 33.8. The average Bonchev–Trinajstić information content (AvgIpc) is 3.31. The molecule has 3 heterocycles. The summed E-state index contributed by atoms with van der Waals surface area (Å²) < 4.78 is 19.3. The maximum Gasteiger partial charge on any atom is 0.408 e. The van der Waals surface area contributed by atoms with Crippen LogP contribution in [0.15, 0.2) is 36.5 Å². The number of anilines is 1. The number of nitrogens with one attached hydrogen (secondary N) is 1. The summed E-state index contributed by atoms with van der Waals surface area (Å²) in [6.45, 7) is 15.7. The Labute approximate surface area is 271 Å². The van der Waals surface area contributed by atoms with Crippen LogP contribution in [0.4, 0.5) is 10.5 Å². The normalized spacial score (nSPS) is 17.2. The number of morpholine rings is 1. The molecule has 3 atom stereocenters. The van der Waals surface area contributed by atoms with Gasteiger partial charge in [-0.3, -0.25) is 4.98 Å². The fraction of sp³-hybridized carbons (Fsp3) is 0.571. The predicted octanol–water partition coefficient (Wildman–Crippen LogP) is 5.56. The summed E-state index contributed by atoms with van der Waals surface area (Å²) in [6.07, 6.45) is 1.13. The number of carbonyl (C=O) groups is 2. The molecule has 0 saturated carbocycles. The van der Waals surface area contributed by atoms with E-state index in [1.807, 2.05) is 13.0 Å². The van der Waals surface area contributed by atoms with Crippen LogP contribution >= 0.6 is 0 Å². The van der Waals surface area contributed by atoms with E-state index in [2.05, 4.69) is 59.8 Å². The lowest BCUT2D eigenvalue weighted by molar-refractivity contribution is -0.140. The number of nitrogens with zero attached hydrogens (tertiary/aromatic N) is 3. The molecule has 1 saturated heterocycles. The van der Waals surface area contributed by atoms with Gasteiger partial charge in [-0.1, -0.05) is 13.8 Å². The maximum absolute atomic E-state index is 12.3. The van der Waals surface area contributed by atoms with Crippen molar-refractivity contribution in [2.45, 2.75) is 91.7 Å². The number of hydrogen-bond donors (Lipinski definition) is 3. The van der Waals surface area contributed by atoms with E-state index in [9.17, 15) is 19.8 Å². The number of carboxylic acid groups (broad SMARTS) is 1. The molecule has 0 bridgehead atoms. The molecule has 46 heavy (non-hydrogen) atoms. The van der Waals surface area contributed by atoms with Gasteiger partial charge in [0.15, 0.2) is 0 Å². The van der Waals surface area contributed by atoms with Crippen LogP contribution in [-0.4, -0.2) is 83.0 Å². The van der Waals surface area contributed by atoms with E-state index in [0.29, 0.717) is 26.1 Å². The van der Waals surface area contributed by atoms with Crippen molar-refractivity contribution >= 4 is 28.7 Å². The van der Waals surface area contributed by atoms with E-state index >= 15 is 0 Å². The molecule has 1 unspecified atom stereocenters. The number of carbonyl (C=O) groups excluding carboxylic acids is 1. The Morgan fingerprint density at radius 1 is 1.20 bits per heavy atom. The van der Waals surface area contributed by atoms with Crippen molar-refractivity contribution in [3.63, 3.8) is 0 Å². The molecule has 1 aromatic carbocycles. The maximum atomic E-state index is 12.3. The molecule has 3 aromatic rings. The molecule has 3 N–H and O–H groups in total. The van der Waals surface area contributed by atoms with Gasteiger partial charge < -0.3 is 39.2 Å².